The third kappa shape index (κ3) is 5.06. The van der Waals surface area contributed by atoms with Gasteiger partial charge in [0, 0.05) is 11.1 Å². The van der Waals surface area contributed by atoms with Crippen LogP contribution in [0.25, 0.3) is 0 Å². The Morgan fingerprint density at radius 2 is 2.12 bits per heavy atom. The van der Waals surface area contributed by atoms with E-state index in [4.69, 9.17) is 9.15 Å². The van der Waals surface area contributed by atoms with Crippen LogP contribution in [0.4, 0.5) is 0 Å². The standard InChI is InChI=1S/C18H21N3O2S2/c1-4-5-17-19-14(10-24-17)11-25-18-21-20-16(23-18)9-22-15-8-12(2)6-7-13(15)3/h6-8,10H,4-5,9,11H2,1-3H3. The van der Waals surface area contributed by atoms with Crippen molar-refractivity contribution >= 4 is 23.1 Å². The summed E-state index contributed by atoms with van der Waals surface area (Å²) in [6.07, 6.45) is 2.16. The molecule has 0 aliphatic carbocycles. The van der Waals surface area contributed by atoms with E-state index < -0.39 is 0 Å². The summed E-state index contributed by atoms with van der Waals surface area (Å²) in [5.41, 5.74) is 3.31. The van der Waals surface area contributed by atoms with E-state index in [1.165, 1.54) is 16.8 Å². The van der Waals surface area contributed by atoms with Crippen molar-refractivity contribution in [3.63, 3.8) is 0 Å². The molecule has 0 fully saturated rings. The summed E-state index contributed by atoms with van der Waals surface area (Å²) in [6, 6.07) is 6.12. The highest BCUT2D eigenvalue weighted by Crippen LogP contribution is 2.24. The number of aromatic nitrogens is 3. The van der Waals surface area contributed by atoms with Crippen LogP contribution in [0.2, 0.25) is 0 Å². The summed E-state index contributed by atoms with van der Waals surface area (Å²) in [4.78, 5) is 4.60. The first-order chi connectivity index (χ1) is 12.1. The fourth-order valence-corrected chi connectivity index (χ4v) is 3.92. The summed E-state index contributed by atoms with van der Waals surface area (Å²) in [5, 5.41) is 11.9. The minimum Gasteiger partial charge on any atom is -0.484 e. The van der Waals surface area contributed by atoms with Crippen LogP contribution >= 0.6 is 23.1 Å². The first kappa shape index (κ1) is 17.9. The molecule has 0 amide bonds. The molecule has 2 heterocycles. The maximum Gasteiger partial charge on any atom is 0.277 e. The van der Waals surface area contributed by atoms with Gasteiger partial charge in [-0.25, -0.2) is 4.98 Å². The first-order valence-electron chi connectivity index (χ1n) is 8.22. The van der Waals surface area contributed by atoms with Crippen molar-refractivity contribution in [1.82, 2.24) is 15.2 Å². The van der Waals surface area contributed by atoms with Gasteiger partial charge in [0.1, 0.15) is 5.75 Å². The molecule has 3 rings (SSSR count). The maximum atomic E-state index is 5.79. The zero-order valence-corrected chi connectivity index (χ0v) is 16.2. The van der Waals surface area contributed by atoms with E-state index in [1.54, 1.807) is 11.3 Å². The average molecular weight is 376 g/mol. The van der Waals surface area contributed by atoms with Crippen molar-refractivity contribution < 1.29 is 9.15 Å². The fraction of sp³-hybridized carbons (Fsp3) is 0.389. The Labute approximate surface area is 155 Å². The normalized spacial score (nSPS) is 11.0. The van der Waals surface area contributed by atoms with Gasteiger partial charge in [-0.05, 0) is 43.9 Å². The predicted octanol–water partition coefficient (Wildman–Crippen LogP) is 4.97. The van der Waals surface area contributed by atoms with Crippen molar-refractivity contribution in [3.05, 3.63) is 51.3 Å². The van der Waals surface area contributed by atoms with Crippen LogP contribution in [-0.2, 0) is 18.8 Å². The molecule has 5 nitrogen and oxygen atoms in total. The molecule has 0 saturated heterocycles. The Morgan fingerprint density at radius 3 is 2.96 bits per heavy atom. The predicted molar refractivity (Wildman–Crippen MR) is 100 cm³/mol. The molecule has 0 radical (unpaired) electrons. The van der Waals surface area contributed by atoms with Gasteiger partial charge < -0.3 is 9.15 Å². The minimum atomic E-state index is 0.273. The molecule has 0 aliphatic rings. The Bertz CT molecular complexity index is 829. The van der Waals surface area contributed by atoms with Gasteiger partial charge in [-0.1, -0.05) is 30.8 Å². The number of hydrogen-bond donors (Lipinski definition) is 0. The van der Waals surface area contributed by atoms with Crippen LogP contribution in [-0.4, -0.2) is 15.2 Å². The van der Waals surface area contributed by atoms with Gasteiger partial charge in [0.05, 0.1) is 10.7 Å². The third-order valence-electron chi connectivity index (χ3n) is 3.55. The van der Waals surface area contributed by atoms with Gasteiger partial charge in [-0.15, -0.1) is 21.5 Å². The number of rotatable bonds is 8. The topological polar surface area (TPSA) is 61.0 Å². The highest BCUT2D eigenvalue weighted by molar-refractivity contribution is 7.98. The zero-order valence-electron chi connectivity index (χ0n) is 14.6. The smallest absolute Gasteiger partial charge is 0.277 e. The van der Waals surface area contributed by atoms with E-state index in [0.717, 1.165) is 41.2 Å². The highest BCUT2D eigenvalue weighted by Gasteiger charge is 2.10. The Balaban J connectivity index is 1.52. The summed E-state index contributed by atoms with van der Waals surface area (Å²) >= 11 is 3.21. The fourth-order valence-electron chi connectivity index (χ4n) is 2.24. The lowest BCUT2D eigenvalue weighted by atomic mass is 10.1. The lowest BCUT2D eigenvalue weighted by Gasteiger charge is -2.07. The van der Waals surface area contributed by atoms with E-state index in [2.05, 4.69) is 33.6 Å². The second-order valence-electron chi connectivity index (χ2n) is 5.79. The van der Waals surface area contributed by atoms with Gasteiger partial charge in [0.25, 0.3) is 11.1 Å². The Hall–Kier alpha value is -1.86. The van der Waals surface area contributed by atoms with Gasteiger partial charge in [-0.2, -0.15) is 0 Å². The summed E-state index contributed by atoms with van der Waals surface area (Å²) < 4.78 is 11.4. The molecule has 0 N–H and O–H groups in total. The van der Waals surface area contributed by atoms with Crippen LogP contribution in [0.5, 0.6) is 5.75 Å². The van der Waals surface area contributed by atoms with Crippen LogP contribution in [0, 0.1) is 13.8 Å². The van der Waals surface area contributed by atoms with E-state index in [0.29, 0.717) is 11.1 Å². The molecule has 3 aromatic rings. The van der Waals surface area contributed by atoms with E-state index in [9.17, 15) is 0 Å². The SMILES string of the molecule is CCCc1nc(CSc2nnc(COc3cc(C)ccc3C)o2)cs1. The molecular formula is C18H21N3O2S2. The number of ether oxygens (including phenoxy) is 1. The molecule has 1 aromatic carbocycles. The molecule has 0 saturated carbocycles. The minimum absolute atomic E-state index is 0.273. The number of nitrogens with zero attached hydrogens (tertiary/aromatic N) is 3. The quantitative estimate of drug-likeness (QED) is 0.518. The third-order valence-corrected chi connectivity index (χ3v) is 5.36. The highest BCUT2D eigenvalue weighted by atomic mass is 32.2. The first-order valence-corrected chi connectivity index (χ1v) is 10.1. The molecule has 2 aromatic heterocycles. The number of thiazole rings is 1. The molecule has 132 valence electrons. The molecule has 0 atom stereocenters. The lowest BCUT2D eigenvalue weighted by molar-refractivity contribution is 0.250. The largest absolute Gasteiger partial charge is 0.484 e. The van der Waals surface area contributed by atoms with E-state index in [-0.39, 0.29) is 6.61 Å². The van der Waals surface area contributed by atoms with Gasteiger partial charge in [0.15, 0.2) is 6.61 Å². The number of thioether (sulfide) groups is 1. The molecule has 0 spiro atoms. The molecule has 0 bridgehead atoms. The summed E-state index contributed by atoms with van der Waals surface area (Å²) in [7, 11) is 0. The zero-order chi connectivity index (χ0) is 17.6. The van der Waals surface area contributed by atoms with Crippen LogP contribution < -0.4 is 4.74 Å². The van der Waals surface area contributed by atoms with Crippen molar-refractivity contribution in [1.29, 1.82) is 0 Å². The van der Waals surface area contributed by atoms with Gasteiger partial charge in [-0.3, -0.25) is 0 Å². The van der Waals surface area contributed by atoms with Crippen molar-refractivity contribution in [2.75, 3.05) is 0 Å². The lowest BCUT2D eigenvalue weighted by Crippen LogP contribution is -1.97. The maximum absolute atomic E-state index is 5.79. The van der Waals surface area contributed by atoms with Gasteiger partial charge >= 0.3 is 0 Å². The summed E-state index contributed by atoms with van der Waals surface area (Å²) in [6.45, 7) is 6.49. The van der Waals surface area contributed by atoms with E-state index >= 15 is 0 Å². The molecule has 25 heavy (non-hydrogen) atoms. The second kappa shape index (κ2) is 8.49. The molecule has 7 heteroatoms. The van der Waals surface area contributed by atoms with Crippen LogP contribution in [0.15, 0.2) is 33.2 Å². The van der Waals surface area contributed by atoms with Crippen LogP contribution in [0.1, 0.15) is 41.1 Å². The summed E-state index contributed by atoms with van der Waals surface area (Å²) in [5.74, 6) is 2.06. The average Bonchev–Trinajstić information content (AvgIpc) is 3.23. The van der Waals surface area contributed by atoms with Crippen molar-refractivity contribution in [3.8, 4) is 5.75 Å². The van der Waals surface area contributed by atoms with Crippen molar-refractivity contribution in [2.24, 2.45) is 0 Å². The molecule has 0 unspecified atom stereocenters. The number of aryl methyl sites for hydroxylation is 3. The monoisotopic (exact) mass is 375 g/mol. The second-order valence-corrected chi connectivity index (χ2v) is 7.66. The number of hydrogen-bond acceptors (Lipinski definition) is 7. The Morgan fingerprint density at radius 1 is 1.24 bits per heavy atom. The van der Waals surface area contributed by atoms with E-state index in [1.807, 2.05) is 26.0 Å². The van der Waals surface area contributed by atoms with Gasteiger partial charge in [0.2, 0.25) is 0 Å². The number of benzene rings is 1. The molecular weight excluding hydrogens is 354 g/mol. The van der Waals surface area contributed by atoms with Crippen LogP contribution in [0.3, 0.4) is 0 Å². The molecule has 0 aliphatic heterocycles. The van der Waals surface area contributed by atoms with Crippen molar-refractivity contribution in [2.45, 2.75) is 51.2 Å². The Kier molecular flexibility index (Phi) is 6.09.